The second-order valence-electron chi connectivity index (χ2n) is 7.51. The lowest BCUT2D eigenvalue weighted by Crippen LogP contribution is -2.37. The molecule has 0 fully saturated rings. The summed E-state index contributed by atoms with van der Waals surface area (Å²) in [5.74, 6) is 0. The molecular formula is C23H19N3O3. The van der Waals surface area contributed by atoms with Gasteiger partial charge in [-0.15, -0.1) is 0 Å². The van der Waals surface area contributed by atoms with Crippen molar-refractivity contribution in [2.45, 2.75) is 13.0 Å². The summed E-state index contributed by atoms with van der Waals surface area (Å²) in [5.41, 5.74) is 4.74. The molecule has 29 heavy (non-hydrogen) atoms. The fourth-order valence-corrected chi connectivity index (χ4v) is 4.28. The van der Waals surface area contributed by atoms with Gasteiger partial charge in [-0.25, -0.2) is 9.78 Å². The zero-order valence-corrected chi connectivity index (χ0v) is 16.3. The molecule has 2 aromatic carbocycles. The van der Waals surface area contributed by atoms with E-state index in [1.165, 1.54) is 11.6 Å². The van der Waals surface area contributed by atoms with Crippen LogP contribution in [0.25, 0.3) is 33.4 Å². The van der Waals surface area contributed by atoms with Crippen molar-refractivity contribution < 1.29 is 5.11 Å². The Balaban J connectivity index is 2.07. The topological polar surface area (TPSA) is 77.1 Å². The Labute approximate surface area is 166 Å². The summed E-state index contributed by atoms with van der Waals surface area (Å²) in [6, 6.07) is 15.3. The van der Waals surface area contributed by atoms with Crippen molar-refractivity contribution >= 4 is 11.0 Å². The number of aromatic nitrogens is 3. The first-order valence-electron chi connectivity index (χ1n) is 9.38. The highest BCUT2D eigenvalue weighted by Gasteiger charge is 2.34. The Hall–Kier alpha value is -3.51. The van der Waals surface area contributed by atoms with Gasteiger partial charge in [-0.05, 0) is 18.1 Å². The highest BCUT2D eigenvalue weighted by atomic mass is 16.3. The lowest BCUT2D eigenvalue weighted by Gasteiger charge is -2.17. The molecule has 0 amide bonds. The summed E-state index contributed by atoms with van der Waals surface area (Å²) in [6.45, 7) is 1.98. The second-order valence-corrected chi connectivity index (χ2v) is 7.51. The maximum Gasteiger partial charge on any atom is 0.332 e. The summed E-state index contributed by atoms with van der Waals surface area (Å²) in [7, 11) is 3.07. The largest absolute Gasteiger partial charge is 0.384 e. The van der Waals surface area contributed by atoms with Gasteiger partial charge < -0.3 is 5.11 Å². The minimum Gasteiger partial charge on any atom is -0.384 e. The molecule has 0 unspecified atom stereocenters. The molecule has 0 bridgehead atoms. The van der Waals surface area contributed by atoms with Crippen LogP contribution in [0.3, 0.4) is 0 Å². The molecule has 1 atom stereocenters. The highest BCUT2D eigenvalue weighted by molar-refractivity contribution is 5.99. The van der Waals surface area contributed by atoms with E-state index in [4.69, 9.17) is 4.98 Å². The van der Waals surface area contributed by atoms with Crippen molar-refractivity contribution in [1.82, 2.24) is 14.1 Å². The lowest BCUT2D eigenvalue weighted by molar-refractivity contribution is 0.225. The number of benzene rings is 2. The van der Waals surface area contributed by atoms with Crippen LogP contribution in [0.2, 0.25) is 0 Å². The summed E-state index contributed by atoms with van der Waals surface area (Å²) in [6.07, 6.45) is -0.893. The highest BCUT2D eigenvalue weighted by Crippen LogP contribution is 2.48. The molecule has 6 nitrogen and oxygen atoms in total. The van der Waals surface area contributed by atoms with E-state index in [1.54, 1.807) is 7.05 Å². The molecule has 2 heterocycles. The van der Waals surface area contributed by atoms with Crippen molar-refractivity contribution in [3.63, 3.8) is 0 Å². The van der Waals surface area contributed by atoms with Crippen LogP contribution in [-0.4, -0.2) is 19.2 Å². The predicted octanol–water partition coefficient (Wildman–Crippen LogP) is 2.67. The van der Waals surface area contributed by atoms with Gasteiger partial charge in [-0.1, -0.05) is 54.1 Å². The quantitative estimate of drug-likeness (QED) is 0.547. The van der Waals surface area contributed by atoms with Crippen LogP contribution in [0.5, 0.6) is 0 Å². The van der Waals surface area contributed by atoms with Crippen LogP contribution in [0.15, 0.2) is 58.1 Å². The van der Waals surface area contributed by atoms with Gasteiger partial charge in [0.05, 0.1) is 11.1 Å². The molecule has 2 aromatic heterocycles. The Morgan fingerprint density at radius 2 is 1.76 bits per heavy atom. The average molecular weight is 385 g/mol. The van der Waals surface area contributed by atoms with Gasteiger partial charge in [-0.2, -0.15) is 0 Å². The Kier molecular flexibility index (Phi) is 3.63. The third kappa shape index (κ3) is 2.29. The minimum absolute atomic E-state index is 0.317. The Bertz CT molecular complexity index is 1450. The number of fused-ring (bicyclic) bond motifs is 4. The van der Waals surface area contributed by atoms with Gasteiger partial charge in [0.25, 0.3) is 5.56 Å². The average Bonchev–Trinajstić information content (AvgIpc) is 3.01. The van der Waals surface area contributed by atoms with E-state index in [-0.39, 0.29) is 0 Å². The Morgan fingerprint density at radius 3 is 2.52 bits per heavy atom. The number of hydrogen-bond donors (Lipinski definition) is 1. The first kappa shape index (κ1) is 17.6. The van der Waals surface area contributed by atoms with Crippen LogP contribution in [0.1, 0.15) is 22.8 Å². The smallest absolute Gasteiger partial charge is 0.332 e. The third-order valence-electron chi connectivity index (χ3n) is 5.72. The van der Waals surface area contributed by atoms with Crippen LogP contribution in [0, 0.1) is 6.92 Å². The molecule has 0 saturated heterocycles. The molecular weight excluding hydrogens is 366 g/mol. The van der Waals surface area contributed by atoms with Gasteiger partial charge in [0.15, 0.2) is 5.65 Å². The molecule has 5 rings (SSSR count). The molecule has 4 aromatic rings. The van der Waals surface area contributed by atoms with E-state index in [0.717, 1.165) is 26.8 Å². The molecule has 1 N–H and O–H groups in total. The van der Waals surface area contributed by atoms with Crippen molar-refractivity contribution in [3.8, 4) is 22.4 Å². The standard InChI is InChI=1S/C23H19N3O3/c1-12-7-6-8-13(11-12)16-17-19(14-9-4-5-10-15(14)20(17)27)24-21-18(16)22(28)26(3)23(29)25(21)2/h4-11,20,27H,1-3H3/t20-/m1/s1. The first-order valence-corrected chi connectivity index (χ1v) is 9.38. The molecule has 1 aliphatic rings. The van der Waals surface area contributed by atoms with Gasteiger partial charge in [0, 0.05) is 30.8 Å². The number of aryl methyl sites for hydroxylation is 2. The third-order valence-corrected chi connectivity index (χ3v) is 5.72. The lowest BCUT2D eigenvalue weighted by atomic mass is 9.93. The van der Waals surface area contributed by atoms with E-state index in [2.05, 4.69) is 0 Å². The summed E-state index contributed by atoms with van der Waals surface area (Å²) >= 11 is 0. The van der Waals surface area contributed by atoms with Gasteiger partial charge >= 0.3 is 5.69 Å². The fourth-order valence-electron chi connectivity index (χ4n) is 4.28. The van der Waals surface area contributed by atoms with E-state index >= 15 is 0 Å². The normalized spacial score (nSPS) is 14.8. The maximum absolute atomic E-state index is 13.2. The number of hydrogen-bond acceptors (Lipinski definition) is 4. The van der Waals surface area contributed by atoms with Crippen molar-refractivity contribution in [3.05, 3.63) is 86.1 Å². The van der Waals surface area contributed by atoms with Crippen molar-refractivity contribution in [2.75, 3.05) is 0 Å². The predicted molar refractivity (Wildman–Crippen MR) is 112 cm³/mol. The Morgan fingerprint density at radius 1 is 1.00 bits per heavy atom. The number of rotatable bonds is 1. The number of aliphatic hydroxyl groups excluding tert-OH is 1. The second kappa shape index (κ2) is 5.99. The number of nitrogens with zero attached hydrogens (tertiary/aromatic N) is 3. The van der Waals surface area contributed by atoms with E-state index in [0.29, 0.717) is 27.9 Å². The molecule has 0 radical (unpaired) electrons. The maximum atomic E-state index is 13.2. The fraction of sp³-hybridized carbons (Fsp3) is 0.174. The molecule has 0 spiro atoms. The summed E-state index contributed by atoms with van der Waals surface area (Å²) in [5, 5.41) is 11.5. The van der Waals surface area contributed by atoms with Crippen molar-refractivity contribution in [2.24, 2.45) is 14.1 Å². The number of pyridine rings is 1. The van der Waals surface area contributed by atoms with Crippen LogP contribution < -0.4 is 11.2 Å². The molecule has 0 saturated carbocycles. The van der Waals surface area contributed by atoms with E-state index in [9.17, 15) is 14.7 Å². The van der Waals surface area contributed by atoms with Crippen LogP contribution >= 0.6 is 0 Å². The monoisotopic (exact) mass is 385 g/mol. The van der Waals surface area contributed by atoms with Gasteiger partial charge in [0.2, 0.25) is 0 Å². The van der Waals surface area contributed by atoms with Crippen LogP contribution in [0.4, 0.5) is 0 Å². The van der Waals surface area contributed by atoms with E-state index in [1.807, 2.05) is 55.5 Å². The zero-order valence-electron chi connectivity index (χ0n) is 16.3. The van der Waals surface area contributed by atoms with E-state index < -0.39 is 17.4 Å². The van der Waals surface area contributed by atoms with Crippen LogP contribution in [-0.2, 0) is 14.1 Å². The zero-order chi connectivity index (χ0) is 20.4. The molecule has 1 aliphatic carbocycles. The molecule has 6 heteroatoms. The number of aliphatic hydroxyl groups is 1. The summed E-state index contributed by atoms with van der Waals surface area (Å²) in [4.78, 5) is 30.4. The molecule has 0 aliphatic heterocycles. The first-order chi connectivity index (χ1) is 13.9. The summed E-state index contributed by atoms with van der Waals surface area (Å²) < 4.78 is 2.48. The van der Waals surface area contributed by atoms with Gasteiger partial charge in [0.1, 0.15) is 6.10 Å². The molecule has 144 valence electrons. The minimum atomic E-state index is -0.893. The van der Waals surface area contributed by atoms with Crippen molar-refractivity contribution in [1.29, 1.82) is 0 Å². The van der Waals surface area contributed by atoms with Gasteiger partial charge in [-0.3, -0.25) is 13.9 Å². The SMILES string of the molecule is Cc1cccc(-c2c3c(nc4c2c(=O)n(C)c(=O)n4C)-c2ccccc2[C@H]3O)c1.